The van der Waals surface area contributed by atoms with Crippen molar-refractivity contribution in [3.8, 4) is 11.1 Å². The summed E-state index contributed by atoms with van der Waals surface area (Å²) in [7, 11) is 0. The molecule has 0 saturated carbocycles. The molecule has 33 heavy (non-hydrogen) atoms. The van der Waals surface area contributed by atoms with Crippen LogP contribution in [0.5, 0.6) is 0 Å². The van der Waals surface area contributed by atoms with E-state index in [-0.39, 0.29) is 12.1 Å². The van der Waals surface area contributed by atoms with Crippen molar-refractivity contribution in [3.63, 3.8) is 0 Å². The summed E-state index contributed by atoms with van der Waals surface area (Å²) >= 11 is 6.83. The topological polar surface area (TPSA) is 75.9 Å². The molecule has 0 radical (unpaired) electrons. The van der Waals surface area contributed by atoms with Crippen LogP contribution in [0.1, 0.15) is 55.1 Å². The number of halogens is 1. The Balaban J connectivity index is 1.54. The summed E-state index contributed by atoms with van der Waals surface area (Å²) in [6, 6.07) is 9.99. The minimum absolute atomic E-state index is 0.0766. The number of likely N-dealkylation sites (tertiary alicyclic amines) is 1. The third kappa shape index (κ3) is 3.84. The second kappa shape index (κ2) is 7.94. The highest BCUT2D eigenvalue weighted by Gasteiger charge is 2.44. The van der Waals surface area contributed by atoms with Gasteiger partial charge in [0.25, 0.3) is 0 Å². The van der Waals surface area contributed by atoms with E-state index >= 15 is 0 Å². The van der Waals surface area contributed by atoms with Crippen molar-refractivity contribution in [2.75, 3.05) is 24.5 Å². The molecule has 2 fully saturated rings. The zero-order valence-electron chi connectivity index (χ0n) is 19.4. The van der Waals surface area contributed by atoms with Crippen LogP contribution < -0.4 is 10.6 Å². The van der Waals surface area contributed by atoms with Gasteiger partial charge in [-0.2, -0.15) is 0 Å². The number of ether oxygens (including phenoxy) is 1. The Labute approximate surface area is 199 Å². The minimum atomic E-state index is -0.527. The number of hydrogen-bond acceptors (Lipinski definition) is 4. The van der Waals surface area contributed by atoms with Crippen molar-refractivity contribution < 1.29 is 14.3 Å². The van der Waals surface area contributed by atoms with E-state index in [0.29, 0.717) is 36.0 Å². The lowest BCUT2D eigenvalue weighted by Gasteiger charge is -2.37. The predicted octanol–water partition coefficient (Wildman–Crippen LogP) is 4.85. The van der Waals surface area contributed by atoms with Crippen LogP contribution in [0.15, 0.2) is 30.3 Å². The Morgan fingerprint density at radius 1 is 1.18 bits per heavy atom. The normalized spacial score (nSPS) is 21.5. The maximum atomic E-state index is 12.9. The maximum Gasteiger partial charge on any atom is 0.410 e. The first-order valence-electron chi connectivity index (χ1n) is 11.6. The van der Waals surface area contributed by atoms with Crippen molar-refractivity contribution in [2.24, 2.45) is 11.7 Å². The zero-order valence-corrected chi connectivity index (χ0v) is 20.1. The zero-order chi connectivity index (χ0) is 23.5. The van der Waals surface area contributed by atoms with E-state index in [2.05, 4.69) is 17.0 Å². The Hall–Kier alpha value is -2.73. The van der Waals surface area contributed by atoms with Crippen LogP contribution in [0, 0.1) is 5.92 Å². The molecule has 174 valence electrons. The molecule has 7 heteroatoms. The molecule has 2 saturated heterocycles. The average Bonchev–Trinajstić information content (AvgIpc) is 3.33. The quantitative estimate of drug-likeness (QED) is 0.584. The number of anilines is 1. The molecule has 2 N–H and O–H groups in total. The molecule has 2 aliphatic heterocycles. The Bertz CT molecular complexity index is 1140. The number of nitrogens with zero attached hydrogens (tertiary/aromatic N) is 2. The van der Waals surface area contributed by atoms with Crippen LogP contribution in [0.2, 0.25) is 5.02 Å². The van der Waals surface area contributed by atoms with Crippen LogP contribution in [0.4, 0.5) is 10.5 Å². The van der Waals surface area contributed by atoms with Gasteiger partial charge in [-0.1, -0.05) is 35.9 Å². The first-order chi connectivity index (χ1) is 15.6. The number of carbonyl (C=O) groups is 2. The van der Waals surface area contributed by atoms with Gasteiger partial charge >= 0.3 is 6.09 Å². The molecule has 0 aromatic heterocycles. The van der Waals surface area contributed by atoms with Gasteiger partial charge in [-0.25, -0.2) is 4.79 Å². The van der Waals surface area contributed by atoms with Gasteiger partial charge in [0.15, 0.2) is 0 Å². The molecule has 3 aliphatic rings. The lowest BCUT2D eigenvalue weighted by molar-refractivity contribution is 0.00669. The molecule has 2 atom stereocenters. The lowest BCUT2D eigenvalue weighted by Crippen LogP contribution is -2.50. The van der Waals surface area contributed by atoms with Gasteiger partial charge in [-0.05, 0) is 68.7 Å². The molecule has 0 bridgehead atoms. The third-order valence-electron chi connectivity index (χ3n) is 7.01. The summed E-state index contributed by atoms with van der Waals surface area (Å²) in [5.41, 5.74) is 10.9. The number of fused-ring (bicyclic) bond motifs is 4. The Morgan fingerprint density at radius 2 is 1.94 bits per heavy atom. The summed E-state index contributed by atoms with van der Waals surface area (Å²) in [4.78, 5) is 29.4. The summed E-state index contributed by atoms with van der Waals surface area (Å²) in [6.45, 7) is 7.90. The number of rotatable bonds is 2. The van der Waals surface area contributed by atoms with Gasteiger partial charge in [0, 0.05) is 30.8 Å². The third-order valence-corrected chi connectivity index (χ3v) is 7.29. The molecule has 2 amide bonds. The Kier molecular flexibility index (Phi) is 5.31. The highest BCUT2D eigenvalue weighted by molar-refractivity contribution is 6.35. The number of carbonyl (C=O) groups excluding carboxylic acids is 2. The summed E-state index contributed by atoms with van der Waals surface area (Å²) in [5.74, 6) is -0.107. The van der Waals surface area contributed by atoms with Crippen molar-refractivity contribution in [3.05, 3.63) is 52.0 Å². The largest absolute Gasteiger partial charge is 0.444 e. The molecular weight excluding hydrogens is 438 g/mol. The van der Waals surface area contributed by atoms with E-state index in [0.717, 1.165) is 41.8 Å². The number of benzene rings is 2. The molecule has 2 unspecified atom stereocenters. The van der Waals surface area contributed by atoms with Crippen LogP contribution in [-0.4, -0.2) is 48.2 Å². The number of nitrogens with two attached hydrogens (primary N) is 1. The van der Waals surface area contributed by atoms with Crippen LogP contribution >= 0.6 is 11.6 Å². The number of primary amides is 1. The van der Waals surface area contributed by atoms with Gasteiger partial charge in [0.2, 0.25) is 5.91 Å². The number of hydrogen-bond donors (Lipinski definition) is 1. The molecule has 2 aromatic carbocycles. The lowest BCUT2D eigenvalue weighted by atomic mass is 9.92. The first kappa shape index (κ1) is 22.1. The standard InChI is InChI=1S/C26H30ClN3O3/c1-26(2,3)33-25(32)30-10-6-8-16-13-29(14-21(16)30)23-20(27)12-19(24(28)31)18-11-15-7-4-5-9-17(15)22(18)23/h4-5,7,9,12,16,21H,6,8,10-11,13-14H2,1-3H3,(H2,28,31). The van der Waals surface area contributed by atoms with Gasteiger partial charge in [0.1, 0.15) is 5.60 Å². The predicted molar refractivity (Wildman–Crippen MR) is 130 cm³/mol. The summed E-state index contributed by atoms with van der Waals surface area (Å²) < 4.78 is 5.70. The van der Waals surface area contributed by atoms with Crippen LogP contribution in [0.3, 0.4) is 0 Å². The SMILES string of the molecule is CC(C)(C)OC(=O)N1CCCC2CN(c3c(Cl)cc(C(N)=O)c4c3-c3ccccc3C4)CC21. The van der Waals surface area contributed by atoms with Crippen LogP contribution in [0.25, 0.3) is 11.1 Å². The molecule has 5 rings (SSSR count). The molecule has 2 aromatic rings. The summed E-state index contributed by atoms with van der Waals surface area (Å²) in [6.07, 6.45) is 2.45. The van der Waals surface area contributed by atoms with Crippen molar-refractivity contribution in [1.82, 2.24) is 4.90 Å². The molecular formula is C26H30ClN3O3. The number of amides is 2. The second-order valence-corrected chi connectivity index (χ2v) is 10.8. The van der Waals surface area contributed by atoms with Crippen molar-refractivity contribution >= 4 is 29.3 Å². The monoisotopic (exact) mass is 467 g/mol. The van der Waals surface area contributed by atoms with Gasteiger partial charge in [0.05, 0.1) is 16.8 Å². The molecule has 0 spiro atoms. The highest BCUT2D eigenvalue weighted by Crippen LogP contribution is 2.49. The van der Waals surface area contributed by atoms with E-state index in [4.69, 9.17) is 22.1 Å². The first-order valence-corrected chi connectivity index (χ1v) is 12.0. The van der Waals surface area contributed by atoms with Gasteiger partial charge in [-0.3, -0.25) is 4.79 Å². The number of piperidine rings is 1. The highest BCUT2D eigenvalue weighted by atomic mass is 35.5. The average molecular weight is 468 g/mol. The molecule has 1 aliphatic carbocycles. The second-order valence-electron chi connectivity index (χ2n) is 10.4. The Morgan fingerprint density at radius 3 is 2.67 bits per heavy atom. The van der Waals surface area contributed by atoms with E-state index in [9.17, 15) is 9.59 Å². The van der Waals surface area contributed by atoms with E-state index in [1.807, 2.05) is 37.8 Å². The van der Waals surface area contributed by atoms with E-state index in [1.54, 1.807) is 6.07 Å². The summed E-state index contributed by atoms with van der Waals surface area (Å²) in [5, 5.41) is 0.529. The molecule has 2 heterocycles. The van der Waals surface area contributed by atoms with E-state index < -0.39 is 11.5 Å². The van der Waals surface area contributed by atoms with Crippen molar-refractivity contribution in [2.45, 2.75) is 51.7 Å². The van der Waals surface area contributed by atoms with E-state index in [1.165, 1.54) is 5.56 Å². The smallest absolute Gasteiger partial charge is 0.410 e. The molecule has 6 nitrogen and oxygen atoms in total. The van der Waals surface area contributed by atoms with Crippen molar-refractivity contribution in [1.29, 1.82) is 0 Å². The fourth-order valence-corrected chi connectivity index (χ4v) is 6.02. The minimum Gasteiger partial charge on any atom is -0.444 e. The van der Waals surface area contributed by atoms with Crippen LogP contribution in [-0.2, 0) is 11.2 Å². The fourth-order valence-electron chi connectivity index (χ4n) is 5.70. The maximum absolute atomic E-state index is 12.9. The van der Waals surface area contributed by atoms with Gasteiger partial charge < -0.3 is 20.3 Å². The fraction of sp³-hybridized carbons (Fsp3) is 0.462. The van der Waals surface area contributed by atoms with Gasteiger partial charge in [-0.15, -0.1) is 0 Å².